The summed E-state index contributed by atoms with van der Waals surface area (Å²) in [5, 5.41) is 3.05. The first-order valence-electron chi connectivity index (χ1n) is 9.91. The molecule has 0 atom stereocenters. The number of ether oxygens (including phenoxy) is 1. The van der Waals surface area contributed by atoms with Gasteiger partial charge in [-0.1, -0.05) is 12.8 Å². The van der Waals surface area contributed by atoms with Crippen LogP contribution in [0, 0.1) is 5.92 Å². The van der Waals surface area contributed by atoms with Gasteiger partial charge in [0.05, 0.1) is 6.04 Å². The molecule has 1 aromatic rings. The van der Waals surface area contributed by atoms with E-state index < -0.39 is 0 Å². The second-order valence-corrected chi connectivity index (χ2v) is 7.80. The highest BCUT2D eigenvalue weighted by Crippen LogP contribution is 2.27. The number of rotatable bonds is 5. The normalized spacial score (nSPS) is 21.6. The number of pyridine rings is 1. The third-order valence-corrected chi connectivity index (χ3v) is 5.81. The average Bonchev–Trinajstić information content (AvgIpc) is 2.57. The number of nitrogens with one attached hydrogen (secondary N) is 1. The maximum absolute atomic E-state index is 12.6. The molecule has 0 unspecified atom stereocenters. The second kappa shape index (κ2) is 7.64. The van der Waals surface area contributed by atoms with Crippen molar-refractivity contribution in [2.45, 2.75) is 63.5 Å². The molecule has 0 spiro atoms. The number of nitrogens with zero attached hydrogens (tertiary/aromatic N) is 2. The second-order valence-electron chi connectivity index (χ2n) is 7.80. The number of likely N-dealkylation sites (tertiary alicyclic amines) is 1. The minimum absolute atomic E-state index is 0.0185. The van der Waals surface area contributed by atoms with E-state index in [9.17, 15) is 9.59 Å². The Balaban J connectivity index is 1.28. The Labute approximate surface area is 154 Å². The summed E-state index contributed by atoms with van der Waals surface area (Å²) >= 11 is 0. The Bertz CT molecular complexity index is 662. The van der Waals surface area contributed by atoms with Gasteiger partial charge in [0.25, 0.3) is 5.91 Å². The Morgan fingerprint density at radius 3 is 2.54 bits per heavy atom. The summed E-state index contributed by atoms with van der Waals surface area (Å²) in [6.45, 7) is 1.16. The minimum atomic E-state index is -0.0185. The average molecular weight is 357 g/mol. The maximum Gasteiger partial charge on any atom is 0.254 e. The Hall–Kier alpha value is -2.11. The highest BCUT2D eigenvalue weighted by molar-refractivity contribution is 5.95. The molecule has 26 heavy (non-hydrogen) atoms. The molecule has 140 valence electrons. The Kier molecular flexibility index (Phi) is 5.09. The van der Waals surface area contributed by atoms with E-state index in [0.29, 0.717) is 24.5 Å². The third kappa shape index (κ3) is 3.84. The van der Waals surface area contributed by atoms with Crippen LogP contribution >= 0.6 is 0 Å². The molecule has 0 radical (unpaired) electrons. The molecule has 2 heterocycles. The van der Waals surface area contributed by atoms with Gasteiger partial charge in [0, 0.05) is 36.8 Å². The van der Waals surface area contributed by atoms with Gasteiger partial charge in [0.15, 0.2) is 0 Å². The van der Waals surface area contributed by atoms with Gasteiger partial charge in [-0.15, -0.1) is 0 Å². The first-order chi connectivity index (χ1) is 12.7. The van der Waals surface area contributed by atoms with Gasteiger partial charge in [0.2, 0.25) is 11.8 Å². The van der Waals surface area contributed by atoms with Crippen LogP contribution in [0.2, 0.25) is 0 Å². The van der Waals surface area contributed by atoms with Gasteiger partial charge in [-0.05, 0) is 44.6 Å². The summed E-state index contributed by atoms with van der Waals surface area (Å²) < 4.78 is 5.96. The first-order valence-corrected chi connectivity index (χ1v) is 9.91. The van der Waals surface area contributed by atoms with Crippen molar-refractivity contribution in [2.24, 2.45) is 5.92 Å². The van der Waals surface area contributed by atoms with Crippen LogP contribution in [0.1, 0.15) is 61.7 Å². The van der Waals surface area contributed by atoms with Crippen LogP contribution in [-0.4, -0.2) is 46.9 Å². The fourth-order valence-corrected chi connectivity index (χ4v) is 3.87. The fourth-order valence-electron chi connectivity index (χ4n) is 3.87. The molecular weight excluding hydrogens is 330 g/mol. The molecule has 3 aliphatic rings. The molecular formula is C20H27N3O3. The fraction of sp³-hybridized carbons (Fsp3) is 0.650. The number of carbonyl (C=O) groups is 2. The van der Waals surface area contributed by atoms with Crippen LogP contribution in [0.15, 0.2) is 18.3 Å². The topological polar surface area (TPSA) is 71.5 Å². The van der Waals surface area contributed by atoms with E-state index in [-0.39, 0.29) is 29.9 Å². The molecule has 2 saturated carbocycles. The Morgan fingerprint density at radius 1 is 1.08 bits per heavy atom. The lowest BCUT2D eigenvalue weighted by Gasteiger charge is -2.40. The standard InChI is InChI=1S/C20H27N3O3/c24-19(14-5-4-6-14)22-16-12-23(13-16)20(25)15-9-10-21-18(11-15)26-17-7-2-1-3-8-17/h9-11,14,16-17H,1-8,12-13H2,(H,22,24). The monoisotopic (exact) mass is 357 g/mol. The molecule has 0 aromatic carbocycles. The van der Waals surface area contributed by atoms with E-state index in [1.165, 1.54) is 19.3 Å². The van der Waals surface area contributed by atoms with Crippen LogP contribution in [0.4, 0.5) is 0 Å². The van der Waals surface area contributed by atoms with Crippen molar-refractivity contribution in [2.75, 3.05) is 13.1 Å². The lowest BCUT2D eigenvalue weighted by atomic mass is 9.84. The summed E-state index contributed by atoms with van der Waals surface area (Å²) in [6.07, 6.45) is 10.8. The van der Waals surface area contributed by atoms with Crippen molar-refractivity contribution in [1.82, 2.24) is 15.2 Å². The van der Waals surface area contributed by atoms with Crippen molar-refractivity contribution in [1.29, 1.82) is 0 Å². The number of hydrogen-bond acceptors (Lipinski definition) is 4. The zero-order valence-electron chi connectivity index (χ0n) is 15.2. The van der Waals surface area contributed by atoms with Crippen molar-refractivity contribution in [3.63, 3.8) is 0 Å². The zero-order chi connectivity index (χ0) is 17.9. The molecule has 1 aliphatic heterocycles. The smallest absolute Gasteiger partial charge is 0.254 e. The zero-order valence-corrected chi connectivity index (χ0v) is 15.2. The number of carbonyl (C=O) groups excluding carboxylic acids is 2. The van der Waals surface area contributed by atoms with Crippen molar-refractivity contribution < 1.29 is 14.3 Å². The SMILES string of the molecule is O=C(NC1CN(C(=O)c2ccnc(OC3CCCCC3)c2)C1)C1CCC1. The number of hydrogen-bond donors (Lipinski definition) is 1. The molecule has 1 aromatic heterocycles. The van der Waals surface area contributed by atoms with Crippen LogP contribution in [-0.2, 0) is 4.79 Å². The highest BCUT2D eigenvalue weighted by atomic mass is 16.5. The van der Waals surface area contributed by atoms with Crippen molar-refractivity contribution >= 4 is 11.8 Å². The van der Waals surface area contributed by atoms with E-state index in [4.69, 9.17) is 4.74 Å². The quantitative estimate of drug-likeness (QED) is 0.879. The molecule has 4 rings (SSSR count). The first kappa shape index (κ1) is 17.3. The van der Waals surface area contributed by atoms with E-state index in [2.05, 4.69) is 10.3 Å². The molecule has 1 saturated heterocycles. The van der Waals surface area contributed by atoms with E-state index in [0.717, 1.165) is 32.1 Å². The summed E-state index contributed by atoms with van der Waals surface area (Å²) in [4.78, 5) is 30.6. The minimum Gasteiger partial charge on any atom is -0.474 e. The van der Waals surface area contributed by atoms with Gasteiger partial charge >= 0.3 is 0 Å². The molecule has 0 bridgehead atoms. The molecule has 6 heteroatoms. The summed E-state index contributed by atoms with van der Waals surface area (Å²) in [5.74, 6) is 0.869. The predicted molar refractivity (Wildman–Crippen MR) is 96.9 cm³/mol. The van der Waals surface area contributed by atoms with E-state index in [1.54, 1.807) is 23.2 Å². The van der Waals surface area contributed by atoms with Crippen LogP contribution in [0.25, 0.3) is 0 Å². The Morgan fingerprint density at radius 2 is 1.85 bits per heavy atom. The van der Waals surface area contributed by atoms with Gasteiger partial charge in [-0.25, -0.2) is 4.98 Å². The summed E-state index contributed by atoms with van der Waals surface area (Å²) in [5.41, 5.74) is 0.606. The largest absolute Gasteiger partial charge is 0.474 e. The third-order valence-electron chi connectivity index (χ3n) is 5.81. The van der Waals surface area contributed by atoms with Crippen molar-refractivity contribution in [3.8, 4) is 5.88 Å². The summed E-state index contributed by atoms with van der Waals surface area (Å²) in [7, 11) is 0. The van der Waals surface area contributed by atoms with Gasteiger partial charge in [-0.2, -0.15) is 0 Å². The highest BCUT2D eigenvalue weighted by Gasteiger charge is 2.35. The maximum atomic E-state index is 12.6. The number of aromatic nitrogens is 1. The van der Waals surface area contributed by atoms with Gasteiger partial charge in [-0.3, -0.25) is 9.59 Å². The van der Waals surface area contributed by atoms with Crippen molar-refractivity contribution in [3.05, 3.63) is 23.9 Å². The molecule has 1 N–H and O–H groups in total. The number of amides is 2. The van der Waals surface area contributed by atoms with Gasteiger partial charge < -0.3 is 15.0 Å². The van der Waals surface area contributed by atoms with Crippen LogP contribution < -0.4 is 10.1 Å². The van der Waals surface area contributed by atoms with Gasteiger partial charge in [0.1, 0.15) is 6.10 Å². The predicted octanol–water partition coefficient (Wildman–Crippen LogP) is 2.53. The van der Waals surface area contributed by atoms with Crippen LogP contribution in [0.5, 0.6) is 5.88 Å². The van der Waals surface area contributed by atoms with E-state index in [1.807, 2.05) is 0 Å². The van der Waals surface area contributed by atoms with E-state index >= 15 is 0 Å². The molecule has 6 nitrogen and oxygen atoms in total. The van der Waals surface area contributed by atoms with Crippen LogP contribution in [0.3, 0.4) is 0 Å². The molecule has 2 aliphatic carbocycles. The lowest BCUT2D eigenvalue weighted by Crippen LogP contribution is -2.61. The summed E-state index contributed by atoms with van der Waals surface area (Å²) in [6, 6.07) is 3.57. The molecule has 2 amide bonds. The molecule has 3 fully saturated rings. The lowest BCUT2D eigenvalue weighted by molar-refractivity contribution is -0.129.